The number of hydrogen-bond acceptors (Lipinski definition) is 6. The molecule has 2 aromatic rings. The molecule has 1 aromatic heterocycles. The predicted octanol–water partition coefficient (Wildman–Crippen LogP) is 2.21. The fourth-order valence-corrected chi connectivity index (χ4v) is 3.95. The molecule has 164 valence electrons. The number of aromatic nitrogens is 1. The highest BCUT2D eigenvalue weighted by atomic mass is 35.5. The lowest BCUT2D eigenvalue weighted by molar-refractivity contribution is -0.0502. The molecule has 0 saturated carbocycles. The van der Waals surface area contributed by atoms with E-state index in [-0.39, 0.29) is 42.9 Å². The zero-order valence-corrected chi connectivity index (χ0v) is 18.2. The molecule has 9 heteroatoms. The Balaban J connectivity index is 0.00000160. The summed E-state index contributed by atoms with van der Waals surface area (Å²) in [6, 6.07) is 14.2. The highest BCUT2D eigenvalue weighted by molar-refractivity contribution is 5.95. The van der Waals surface area contributed by atoms with Gasteiger partial charge in [0.15, 0.2) is 11.4 Å². The molecule has 1 aromatic carbocycles. The van der Waals surface area contributed by atoms with Gasteiger partial charge in [-0.25, -0.2) is 4.98 Å². The van der Waals surface area contributed by atoms with Crippen LogP contribution >= 0.6 is 24.8 Å². The van der Waals surface area contributed by atoms with Gasteiger partial charge in [0.05, 0.1) is 12.7 Å². The maximum Gasteiger partial charge on any atom is 0.274 e. The Morgan fingerprint density at radius 1 is 1.20 bits per heavy atom. The number of fused-ring (bicyclic) bond motifs is 1. The highest BCUT2D eigenvalue weighted by Crippen LogP contribution is 2.30. The Morgan fingerprint density at radius 3 is 2.77 bits per heavy atom. The van der Waals surface area contributed by atoms with Crippen molar-refractivity contribution in [1.82, 2.24) is 15.2 Å². The fourth-order valence-electron chi connectivity index (χ4n) is 3.95. The largest absolute Gasteiger partial charge is 0.490 e. The molecule has 2 saturated heterocycles. The summed E-state index contributed by atoms with van der Waals surface area (Å²) in [5, 5.41) is 3.11. The number of halogens is 2. The number of nitrogens with two attached hydrogens (primary N) is 1. The van der Waals surface area contributed by atoms with E-state index >= 15 is 0 Å². The summed E-state index contributed by atoms with van der Waals surface area (Å²) in [4.78, 5) is 19.4. The van der Waals surface area contributed by atoms with Gasteiger partial charge in [0.2, 0.25) is 0 Å². The molecule has 0 bridgehead atoms. The fraction of sp³-hybridized carbons (Fsp3) is 0.429. The quantitative estimate of drug-likeness (QED) is 0.695. The normalized spacial score (nSPS) is 22.9. The molecule has 0 spiro atoms. The van der Waals surface area contributed by atoms with Gasteiger partial charge in [-0.2, -0.15) is 0 Å². The van der Waals surface area contributed by atoms with Crippen molar-refractivity contribution >= 4 is 30.7 Å². The second-order valence-corrected chi connectivity index (χ2v) is 7.23. The van der Waals surface area contributed by atoms with E-state index in [1.807, 2.05) is 18.2 Å². The maximum absolute atomic E-state index is 12.7. The second-order valence-electron chi connectivity index (χ2n) is 7.23. The van der Waals surface area contributed by atoms with Crippen molar-refractivity contribution in [3.63, 3.8) is 0 Å². The number of amides is 1. The molecule has 1 amide bonds. The van der Waals surface area contributed by atoms with Gasteiger partial charge in [-0.15, -0.1) is 24.8 Å². The standard InChI is InChI=1S/C21H26N4O3.2ClH/c22-8-10-27-18-7-4-9-23-20(18)21(26)24-16-11-17-14-28-19(13-25(17)12-16)15-5-2-1-3-6-15;;/h1-7,9,16-17,19H,8,10-14,22H2,(H,24,26);2*1H/t16-,17-,19+;;/m0../s1. The Labute approximate surface area is 189 Å². The number of morpholine rings is 1. The van der Waals surface area contributed by atoms with Crippen LogP contribution in [0.3, 0.4) is 0 Å². The summed E-state index contributed by atoms with van der Waals surface area (Å²) in [6.07, 6.45) is 2.55. The van der Waals surface area contributed by atoms with Crippen LogP contribution in [0.1, 0.15) is 28.6 Å². The second kappa shape index (κ2) is 11.5. The topological polar surface area (TPSA) is 89.7 Å². The van der Waals surface area contributed by atoms with E-state index in [4.69, 9.17) is 15.2 Å². The predicted molar refractivity (Wildman–Crippen MR) is 120 cm³/mol. The lowest BCUT2D eigenvalue weighted by Gasteiger charge is -2.35. The van der Waals surface area contributed by atoms with Gasteiger partial charge in [-0.05, 0) is 24.1 Å². The molecule has 3 atom stereocenters. The van der Waals surface area contributed by atoms with E-state index in [2.05, 4.69) is 27.3 Å². The molecular formula is C21H28Cl2N4O3. The lowest BCUT2D eigenvalue weighted by Crippen LogP contribution is -2.43. The Hall–Kier alpha value is -1.90. The van der Waals surface area contributed by atoms with Gasteiger partial charge >= 0.3 is 0 Å². The van der Waals surface area contributed by atoms with Crippen LogP contribution in [-0.4, -0.2) is 60.7 Å². The van der Waals surface area contributed by atoms with E-state index in [1.54, 1.807) is 18.3 Å². The molecule has 2 fully saturated rings. The molecular weight excluding hydrogens is 427 g/mol. The van der Waals surface area contributed by atoms with Crippen LogP contribution in [0.5, 0.6) is 5.75 Å². The first-order valence-corrected chi connectivity index (χ1v) is 9.74. The van der Waals surface area contributed by atoms with Crippen molar-refractivity contribution < 1.29 is 14.3 Å². The van der Waals surface area contributed by atoms with Crippen LogP contribution in [0.15, 0.2) is 48.7 Å². The minimum Gasteiger partial charge on any atom is -0.490 e. The van der Waals surface area contributed by atoms with Crippen molar-refractivity contribution in [3.05, 3.63) is 59.9 Å². The van der Waals surface area contributed by atoms with Gasteiger partial charge in [0.1, 0.15) is 6.61 Å². The minimum absolute atomic E-state index is 0. The van der Waals surface area contributed by atoms with E-state index in [0.29, 0.717) is 37.2 Å². The molecule has 30 heavy (non-hydrogen) atoms. The van der Waals surface area contributed by atoms with Crippen LogP contribution in [0.2, 0.25) is 0 Å². The van der Waals surface area contributed by atoms with Crippen LogP contribution in [0.25, 0.3) is 0 Å². The molecule has 2 aliphatic heterocycles. The number of pyridine rings is 1. The van der Waals surface area contributed by atoms with Crippen LogP contribution in [0, 0.1) is 0 Å². The van der Waals surface area contributed by atoms with Gasteiger partial charge in [-0.3, -0.25) is 9.69 Å². The first-order valence-electron chi connectivity index (χ1n) is 9.74. The number of nitrogens with one attached hydrogen (secondary N) is 1. The number of ether oxygens (including phenoxy) is 2. The SMILES string of the molecule is Cl.Cl.NCCOc1cccnc1C(=O)N[C@H]1C[C@H]2CO[C@@H](c3ccccc3)CN2C1. The first kappa shape index (κ1) is 24.4. The zero-order chi connectivity index (χ0) is 19.3. The van der Waals surface area contributed by atoms with Gasteiger partial charge in [-0.1, -0.05) is 30.3 Å². The number of carbonyl (C=O) groups excluding carboxylic acids is 1. The highest BCUT2D eigenvalue weighted by Gasteiger charge is 2.38. The van der Waals surface area contributed by atoms with E-state index in [0.717, 1.165) is 19.5 Å². The third-order valence-corrected chi connectivity index (χ3v) is 5.29. The summed E-state index contributed by atoms with van der Waals surface area (Å²) in [7, 11) is 0. The van der Waals surface area contributed by atoms with E-state index in [9.17, 15) is 4.79 Å². The minimum atomic E-state index is -0.210. The number of hydrogen-bond donors (Lipinski definition) is 2. The third kappa shape index (κ3) is 5.62. The molecule has 7 nitrogen and oxygen atoms in total. The van der Waals surface area contributed by atoms with Crippen LogP contribution in [0.4, 0.5) is 0 Å². The number of nitrogens with zero attached hydrogens (tertiary/aromatic N) is 2. The van der Waals surface area contributed by atoms with Crippen LogP contribution in [-0.2, 0) is 4.74 Å². The summed E-state index contributed by atoms with van der Waals surface area (Å²) in [6.45, 7) is 3.08. The third-order valence-electron chi connectivity index (χ3n) is 5.29. The van der Waals surface area contributed by atoms with Crippen molar-refractivity contribution in [3.8, 4) is 5.75 Å². The Morgan fingerprint density at radius 2 is 2.00 bits per heavy atom. The average molecular weight is 455 g/mol. The average Bonchev–Trinajstić information content (AvgIpc) is 3.14. The summed E-state index contributed by atoms with van der Waals surface area (Å²) < 4.78 is 11.6. The molecule has 3 N–H and O–H groups in total. The van der Waals surface area contributed by atoms with Crippen molar-refractivity contribution in [2.24, 2.45) is 5.73 Å². The van der Waals surface area contributed by atoms with Crippen molar-refractivity contribution in [2.45, 2.75) is 24.6 Å². The summed E-state index contributed by atoms with van der Waals surface area (Å²) >= 11 is 0. The van der Waals surface area contributed by atoms with Crippen LogP contribution < -0.4 is 15.8 Å². The number of benzene rings is 1. The van der Waals surface area contributed by atoms with E-state index in [1.165, 1.54) is 5.56 Å². The first-order chi connectivity index (χ1) is 13.7. The zero-order valence-electron chi connectivity index (χ0n) is 16.6. The number of carbonyl (C=O) groups is 1. The van der Waals surface area contributed by atoms with Crippen molar-refractivity contribution in [1.29, 1.82) is 0 Å². The van der Waals surface area contributed by atoms with Gasteiger partial charge < -0.3 is 20.5 Å². The molecule has 0 aliphatic carbocycles. The lowest BCUT2D eigenvalue weighted by atomic mass is 10.1. The Kier molecular flexibility index (Phi) is 9.33. The molecule has 0 radical (unpaired) electrons. The Bertz CT molecular complexity index is 812. The molecule has 2 aliphatic rings. The van der Waals surface area contributed by atoms with Crippen molar-refractivity contribution in [2.75, 3.05) is 32.8 Å². The summed E-state index contributed by atoms with van der Waals surface area (Å²) in [5.41, 5.74) is 6.99. The van der Waals surface area contributed by atoms with Gasteiger partial charge in [0, 0.05) is 37.9 Å². The number of rotatable bonds is 6. The molecule has 0 unspecified atom stereocenters. The molecule has 4 rings (SSSR count). The smallest absolute Gasteiger partial charge is 0.274 e. The van der Waals surface area contributed by atoms with E-state index < -0.39 is 0 Å². The molecule has 3 heterocycles. The monoisotopic (exact) mass is 454 g/mol. The summed E-state index contributed by atoms with van der Waals surface area (Å²) in [5.74, 6) is 0.256. The maximum atomic E-state index is 12.7. The van der Waals surface area contributed by atoms with Gasteiger partial charge in [0.25, 0.3) is 5.91 Å².